The first-order valence-electron chi connectivity index (χ1n) is 3.34. The first-order chi connectivity index (χ1) is 5.77. The second-order valence-electron chi connectivity index (χ2n) is 2.41. The molecule has 12 heavy (non-hydrogen) atoms. The summed E-state index contributed by atoms with van der Waals surface area (Å²) in [5.41, 5.74) is 0. The van der Waals surface area contributed by atoms with Crippen LogP contribution >= 0.6 is 0 Å². The van der Waals surface area contributed by atoms with Gasteiger partial charge in [0.1, 0.15) is 0 Å². The van der Waals surface area contributed by atoms with Gasteiger partial charge in [0.05, 0.1) is 17.4 Å². The molecule has 0 aliphatic heterocycles. The number of benzene rings is 1. The predicted octanol–water partition coefficient (Wildman–Crippen LogP) is 2.01. The van der Waals surface area contributed by atoms with Crippen LogP contribution in [0, 0.1) is 0 Å². The topological polar surface area (TPSA) is 50.4 Å². The van der Waals surface area contributed by atoms with Gasteiger partial charge in [-0.05, 0) is 18.2 Å². The summed E-state index contributed by atoms with van der Waals surface area (Å²) in [7, 11) is 0. The molecular weight excluding hydrogens is 176 g/mol. The highest BCUT2D eigenvalue weighted by molar-refractivity contribution is 7.79. The van der Waals surface area contributed by atoms with Crippen LogP contribution in [0.3, 0.4) is 0 Å². The SMILES string of the molecule is O=S(O)c1ccc2cocc2c1. The van der Waals surface area contributed by atoms with Crippen LogP contribution in [0.4, 0.5) is 0 Å². The van der Waals surface area contributed by atoms with Gasteiger partial charge in [0, 0.05) is 10.8 Å². The number of hydrogen-bond donors (Lipinski definition) is 1. The van der Waals surface area contributed by atoms with Gasteiger partial charge >= 0.3 is 0 Å². The van der Waals surface area contributed by atoms with Crippen LogP contribution in [0.1, 0.15) is 0 Å². The second-order valence-corrected chi connectivity index (χ2v) is 3.38. The van der Waals surface area contributed by atoms with Gasteiger partial charge in [-0.2, -0.15) is 0 Å². The van der Waals surface area contributed by atoms with E-state index in [0.29, 0.717) is 4.90 Å². The van der Waals surface area contributed by atoms with Crippen molar-refractivity contribution in [1.29, 1.82) is 0 Å². The Kier molecular flexibility index (Phi) is 1.71. The molecule has 2 rings (SSSR count). The highest BCUT2D eigenvalue weighted by Gasteiger charge is 2.01. The van der Waals surface area contributed by atoms with Crippen molar-refractivity contribution >= 4 is 21.9 Å². The molecule has 0 spiro atoms. The molecule has 0 aliphatic rings. The quantitative estimate of drug-likeness (QED) is 0.686. The highest BCUT2D eigenvalue weighted by atomic mass is 32.2. The van der Waals surface area contributed by atoms with Crippen LogP contribution < -0.4 is 0 Å². The second kappa shape index (κ2) is 2.73. The Balaban J connectivity index is 2.68. The molecule has 1 unspecified atom stereocenters. The van der Waals surface area contributed by atoms with Crippen molar-refractivity contribution in [3.05, 3.63) is 30.7 Å². The van der Waals surface area contributed by atoms with E-state index in [1.807, 2.05) is 0 Å². The molecule has 4 heteroatoms. The maximum Gasteiger partial charge on any atom is 0.186 e. The van der Waals surface area contributed by atoms with Gasteiger partial charge in [-0.1, -0.05) is 0 Å². The van der Waals surface area contributed by atoms with Gasteiger partial charge in [0.25, 0.3) is 0 Å². The molecule has 1 aromatic carbocycles. The van der Waals surface area contributed by atoms with Gasteiger partial charge < -0.3 is 8.97 Å². The number of hydrogen-bond acceptors (Lipinski definition) is 2. The standard InChI is InChI=1S/C8H6O3S/c9-12(10)8-2-1-6-4-11-5-7(6)3-8/h1-5H,(H,9,10). The van der Waals surface area contributed by atoms with E-state index in [-0.39, 0.29) is 0 Å². The van der Waals surface area contributed by atoms with Crippen molar-refractivity contribution in [2.45, 2.75) is 4.90 Å². The Bertz CT molecular complexity index is 433. The van der Waals surface area contributed by atoms with Crippen molar-refractivity contribution < 1.29 is 13.2 Å². The van der Waals surface area contributed by atoms with Crippen LogP contribution in [-0.2, 0) is 11.1 Å². The van der Waals surface area contributed by atoms with Gasteiger partial charge in [-0.25, -0.2) is 4.21 Å². The lowest BCUT2D eigenvalue weighted by atomic mass is 10.2. The molecular formula is C8H6O3S. The Morgan fingerprint density at radius 1 is 1.25 bits per heavy atom. The molecule has 1 aromatic heterocycles. The summed E-state index contributed by atoms with van der Waals surface area (Å²) in [6.07, 6.45) is 3.14. The molecule has 62 valence electrons. The van der Waals surface area contributed by atoms with Crippen LogP contribution in [-0.4, -0.2) is 8.76 Å². The van der Waals surface area contributed by atoms with E-state index < -0.39 is 11.1 Å². The van der Waals surface area contributed by atoms with Crippen molar-refractivity contribution in [2.24, 2.45) is 0 Å². The molecule has 1 heterocycles. The Hall–Kier alpha value is -1.13. The summed E-state index contributed by atoms with van der Waals surface area (Å²) in [5, 5.41) is 1.78. The lowest BCUT2D eigenvalue weighted by molar-refractivity contribution is 0.564. The Morgan fingerprint density at radius 2 is 2.00 bits per heavy atom. The fourth-order valence-corrected chi connectivity index (χ4v) is 1.46. The number of furan rings is 1. The molecule has 0 amide bonds. The number of fused-ring (bicyclic) bond motifs is 1. The first-order valence-corrected chi connectivity index (χ1v) is 4.45. The fraction of sp³-hybridized carbons (Fsp3) is 0. The zero-order valence-electron chi connectivity index (χ0n) is 6.06. The maximum absolute atomic E-state index is 10.6. The van der Waals surface area contributed by atoms with Crippen molar-refractivity contribution in [2.75, 3.05) is 0 Å². The average Bonchev–Trinajstić information content (AvgIpc) is 2.49. The molecule has 0 bridgehead atoms. The van der Waals surface area contributed by atoms with E-state index in [0.717, 1.165) is 10.8 Å². The third kappa shape index (κ3) is 1.15. The summed E-state index contributed by atoms with van der Waals surface area (Å²) >= 11 is -1.91. The lowest BCUT2D eigenvalue weighted by Gasteiger charge is -1.92. The van der Waals surface area contributed by atoms with Crippen LogP contribution in [0.2, 0.25) is 0 Å². The molecule has 3 nitrogen and oxygen atoms in total. The van der Waals surface area contributed by atoms with Gasteiger partial charge in [-0.3, -0.25) is 0 Å². The van der Waals surface area contributed by atoms with Crippen LogP contribution in [0.15, 0.2) is 40.0 Å². The zero-order valence-corrected chi connectivity index (χ0v) is 6.88. The van der Waals surface area contributed by atoms with E-state index >= 15 is 0 Å². The zero-order chi connectivity index (χ0) is 8.55. The molecule has 0 fully saturated rings. The largest absolute Gasteiger partial charge is 0.471 e. The summed E-state index contributed by atoms with van der Waals surface area (Å²) in [6.45, 7) is 0. The minimum Gasteiger partial charge on any atom is -0.471 e. The number of rotatable bonds is 1. The smallest absolute Gasteiger partial charge is 0.186 e. The average molecular weight is 182 g/mol. The maximum atomic E-state index is 10.6. The third-order valence-corrected chi connectivity index (χ3v) is 2.31. The van der Waals surface area contributed by atoms with Gasteiger partial charge in [-0.15, -0.1) is 0 Å². The lowest BCUT2D eigenvalue weighted by Crippen LogP contribution is -1.86. The predicted molar refractivity (Wildman–Crippen MR) is 45.3 cm³/mol. The first kappa shape index (κ1) is 7.52. The Labute approximate surface area is 71.3 Å². The normalized spacial score (nSPS) is 13.4. The van der Waals surface area contributed by atoms with E-state index in [9.17, 15) is 4.21 Å². The van der Waals surface area contributed by atoms with E-state index in [1.165, 1.54) is 0 Å². The molecule has 1 N–H and O–H groups in total. The van der Waals surface area contributed by atoms with Crippen molar-refractivity contribution in [3.63, 3.8) is 0 Å². The fourth-order valence-electron chi connectivity index (χ4n) is 1.05. The van der Waals surface area contributed by atoms with Crippen molar-refractivity contribution in [3.8, 4) is 0 Å². The summed E-state index contributed by atoms with van der Waals surface area (Å²) in [5.74, 6) is 0. The highest BCUT2D eigenvalue weighted by Crippen LogP contribution is 2.18. The molecule has 1 atom stereocenters. The molecule has 0 aliphatic carbocycles. The van der Waals surface area contributed by atoms with Crippen molar-refractivity contribution in [1.82, 2.24) is 0 Å². The van der Waals surface area contributed by atoms with E-state index in [1.54, 1.807) is 30.7 Å². The minimum atomic E-state index is -1.91. The van der Waals surface area contributed by atoms with E-state index in [4.69, 9.17) is 8.97 Å². The Morgan fingerprint density at radius 3 is 2.75 bits per heavy atom. The minimum absolute atomic E-state index is 0.393. The molecule has 2 aromatic rings. The monoisotopic (exact) mass is 182 g/mol. The summed E-state index contributed by atoms with van der Waals surface area (Å²) < 4.78 is 24.3. The van der Waals surface area contributed by atoms with Crippen LogP contribution in [0.25, 0.3) is 10.8 Å². The van der Waals surface area contributed by atoms with Crippen LogP contribution in [0.5, 0.6) is 0 Å². The summed E-state index contributed by atoms with van der Waals surface area (Å²) in [6, 6.07) is 4.99. The summed E-state index contributed by atoms with van der Waals surface area (Å²) in [4.78, 5) is 0.393. The van der Waals surface area contributed by atoms with E-state index in [2.05, 4.69) is 0 Å². The third-order valence-electron chi connectivity index (χ3n) is 1.65. The molecule has 0 saturated heterocycles. The van der Waals surface area contributed by atoms with Gasteiger partial charge in [0.15, 0.2) is 11.1 Å². The molecule has 0 saturated carbocycles. The van der Waals surface area contributed by atoms with Gasteiger partial charge in [0.2, 0.25) is 0 Å². The molecule has 0 radical (unpaired) electrons.